The molecule has 0 radical (unpaired) electrons. The third-order valence-corrected chi connectivity index (χ3v) is 5.45. The van der Waals surface area contributed by atoms with E-state index in [4.69, 9.17) is 4.74 Å². The number of nitrogens with zero attached hydrogens (tertiary/aromatic N) is 1. The van der Waals surface area contributed by atoms with E-state index in [0.717, 1.165) is 27.8 Å². The average molecular weight is 391 g/mol. The molecule has 3 aromatic rings. The Morgan fingerprint density at radius 3 is 2.79 bits per heavy atom. The van der Waals surface area contributed by atoms with Crippen LogP contribution in [0.3, 0.4) is 0 Å². The van der Waals surface area contributed by atoms with Crippen molar-refractivity contribution in [1.29, 1.82) is 0 Å². The van der Waals surface area contributed by atoms with Crippen LogP contribution in [0.15, 0.2) is 48.7 Å². The smallest absolute Gasteiger partial charge is 0.245 e. The number of amides is 2. The molecule has 2 amide bonds. The number of hydrogen-bond acceptors (Lipinski definition) is 3. The van der Waals surface area contributed by atoms with Gasteiger partial charge in [0.2, 0.25) is 11.8 Å². The second-order valence-electron chi connectivity index (χ2n) is 7.56. The van der Waals surface area contributed by atoms with Gasteiger partial charge in [-0.3, -0.25) is 9.59 Å². The molecule has 6 heteroatoms. The summed E-state index contributed by atoms with van der Waals surface area (Å²) in [6, 6.07) is 13.4. The van der Waals surface area contributed by atoms with Crippen LogP contribution < -0.4 is 10.1 Å². The van der Waals surface area contributed by atoms with Crippen molar-refractivity contribution in [2.45, 2.75) is 32.4 Å². The van der Waals surface area contributed by atoms with Crippen molar-refractivity contribution in [3.05, 3.63) is 65.4 Å². The Morgan fingerprint density at radius 2 is 2.03 bits per heavy atom. The lowest BCUT2D eigenvalue weighted by Gasteiger charge is -2.17. The predicted octanol–water partition coefficient (Wildman–Crippen LogP) is 2.94. The Labute approximate surface area is 169 Å². The molecule has 1 aliphatic heterocycles. The summed E-state index contributed by atoms with van der Waals surface area (Å²) in [5, 5.41) is 3.87. The lowest BCUT2D eigenvalue weighted by atomic mass is 10.1. The molecule has 1 unspecified atom stereocenters. The van der Waals surface area contributed by atoms with Gasteiger partial charge >= 0.3 is 0 Å². The number of ether oxygens (including phenoxy) is 1. The van der Waals surface area contributed by atoms with Crippen molar-refractivity contribution in [3.63, 3.8) is 0 Å². The average Bonchev–Trinajstić information content (AvgIpc) is 3.27. The van der Waals surface area contributed by atoms with Crippen molar-refractivity contribution in [2.75, 3.05) is 13.7 Å². The molecule has 6 nitrogen and oxygen atoms in total. The van der Waals surface area contributed by atoms with E-state index in [1.807, 2.05) is 60.5 Å². The van der Waals surface area contributed by atoms with Crippen molar-refractivity contribution in [3.8, 4) is 5.75 Å². The summed E-state index contributed by atoms with van der Waals surface area (Å²) < 4.78 is 5.28. The summed E-state index contributed by atoms with van der Waals surface area (Å²) in [7, 11) is 1.62. The molecule has 1 atom stereocenters. The van der Waals surface area contributed by atoms with Crippen LogP contribution in [0.5, 0.6) is 5.75 Å². The minimum absolute atomic E-state index is 0.0143. The SMILES string of the molecule is COc1ccc2[nH]cc(CC(=O)NC3CCN(Cc4ccc(C)cc4)C3=O)c2c1. The molecule has 4 rings (SSSR count). The van der Waals surface area contributed by atoms with Crippen LogP contribution in [-0.4, -0.2) is 41.4 Å². The molecule has 0 bridgehead atoms. The van der Waals surface area contributed by atoms with Crippen LogP contribution in [-0.2, 0) is 22.6 Å². The number of rotatable bonds is 6. The summed E-state index contributed by atoms with van der Waals surface area (Å²) in [5.74, 6) is 0.584. The van der Waals surface area contributed by atoms with Crippen LogP contribution in [0.4, 0.5) is 0 Å². The second kappa shape index (κ2) is 7.99. The van der Waals surface area contributed by atoms with Crippen molar-refractivity contribution in [1.82, 2.24) is 15.2 Å². The van der Waals surface area contributed by atoms with Gasteiger partial charge in [0.25, 0.3) is 0 Å². The molecule has 150 valence electrons. The lowest BCUT2D eigenvalue weighted by Crippen LogP contribution is -2.41. The van der Waals surface area contributed by atoms with E-state index in [1.165, 1.54) is 5.56 Å². The minimum Gasteiger partial charge on any atom is -0.497 e. The highest BCUT2D eigenvalue weighted by Crippen LogP contribution is 2.24. The summed E-state index contributed by atoms with van der Waals surface area (Å²) in [6.45, 7) is 3.27. The van der Waals surface area contributed by atoms with E-state index in [-0.39, 0.29) is 18.2 Å². The quantitative estimate of drug-likeness (QED) is 0.678. The molecule has 2 aromatic carbocycles. The van der Waals surface area contributed by atoms with Crippen LogP contribution in [0.25, 0.3) is 10.9 Å². The third kappa shape index (κ3) is 4.11. The van der Waals surface area contributed by atoms with Gasteiger partial charge in [0.05, 0.1) is 13.5 Å². The molecule has 1 saturated heterocycles. The largest absolute Gasteiger partial charge is 0.497 e. The first-order valence-electron chi connectivity index (χ1n) is 9.81. The Morgan fingerprint density at radius 1 is 1.24 bits per heavy atom. The number of hydrogen-bond donors (Lipinski definition) is 2. The van der Waals surface area contributed by atoms with Crippen LogP contribution in [0.2, 0.25) is 0 Å². The minimum atomic E-state index is -0.451. The van der Waals surface area contributed by atoms with E-state index >= 15 is 0 Å². The van der Waals surface area contributed by atoms with E-state index < -0.39 is 6.04 Å². The number of nitrogens with one attached hydrogen (secondary N) is 2. The highest BCUT2D eigenvalue weighted by molar-refractivity contribution is 5.93. The molecular weight excluding hydrogens is 366 g/mol. The highest BCUT2D eigenvalue weighted by Gasteiger charge is 2.32. The molecule has 0 saturated carbocycles. The molecule has 2 N–H and O–H groups in total. The fraction of sp³-hybridized carbons (Fsp3) is 0.304. The second-order valence-corrected chi connectivity index (χ2v) is 7.56. The summed E-state index contributed by atoms with van der Waals surface area (Å²) in [5.41, 5.74) is 4.14. The van der Waals surface area contributed by atoms with Gasteiger partial charge in [0.15, 0.2) is 0 Å². The fourth-order valence-electron chi connectivity index (χ4n) is 3.79. The van der Waals surface area contributed by atoms with Gasteiger partial charge in [-0.2, -0.15) is 0 Å². The van der Waals surface area contributed by atoms with Gasteiger partial charge in [-0.15, -0.1) is 0 Å². The summed E-state index contributed by atoms with van der Waals surface area (Å²) >= 11 is 0. The van der Waals surface area contributed by atoms with Crippen LogP contribution in [0, 0.1) is 6.92 Å². The molecule has 29 heavy (non-hydrogen) atoms. The Bertz CT molecular complexity index is 1040. The first kappa shape index (κ1) is 19.1. The Hall–Kier alpha value is -3.28. The highest BCUT2D eigenvalue weighted by atomic mass is 16.5. The zero-order chi connectivity index (χ0) is 20.4. The zero-order valence-electron chi connectivity index (χ0n) is 16.7. The number of aryl methyl sites for hydroxylation is 1. The van der Waals surface area contributed by atoms with Crippen LogP contribution >= 0.6 is 0 Å². The first-order chi connectivity index (χ1) is 14.0. The number of H-pyrrole nitrogens is 1. The number of carbonyl (C=O) groups is 2. The first-order valence-corrected chi connectivity index (χ1v) is 9.81. The topological polar surface area (TPSA) is 74.4 Å². The maximum absolute atomic E-state index is 12.7. The number of methoxy groups -OCH3 is 1. The summed E-state index contributed by atoms with van der Waals surface area (Å²) in [4.78, 5) is 30.3. The molecular formula is C23H25N3O3. The molecule has 0 spiro atoms. The maximum atomic E-state index is 12.7. The van der Waals surface area contributed by atoms with Gasteiger partial charge in [-0.25, -0.2) is 0 Å². The number of aromatic amines is 1. The number of likely N-dealkylation sites (tertiary alicyclic amines) is 1. The normalized spacial score (nSPS) is 16.4. The molecule has 0 aliphatic carbocycles. The van der Waals surface area contributed by atoms with Crippen molar-refractivity contribution in [2.24, 2.45) is 0 Å². The van der Waals surface area contributed by atoms with Gasteiger partial charge in [0, 0.05) is 30.2 Å². The lowest BCUT2D eigenvalue weighted by molar-refractivity contribution is -0.132. The fourth-order valence-corrected chi connectivity index (χ4v) is 3.79. The Balaban J connectivity index is 1.37. The van der Waals surface area contributed by atoms with Gasteiger partial charge < -0.3 is 19.9 Å². The Kier molecular flexibility index (Phi) is 5.25. The predicted molar refractivity (Wildman–Crippen MR) is 112 cm³/mol. The number of carbonyl (C=O) groups excluding carboxylic acids is 2. The summed E-state index contributed by atoms with van der Waals surface area (Å²) in [6.07, 6.45) is 2.69. The third-order valence-electron chi connectivity index (χ3n) is 5.45. The number of fused-ring (bicyclic) bond motifs is 1. The monoisotopic (exact) mass is 391 g/mol. The van der Waals surface area contributed by atoms with Gasteiger partial charge in [-0.05, 0) is 42.7 Å². The number of benzene rings is 2. The number of aromatic nitrogens is 1. The molecule has 1 fully saturated rings. The van der Waals surface area contributed by atoms with Crippen molar-refractivity contribution < 1.29 is 14.3 Å². The van der Waals surface area contributed by atoms with Gasteiger partial charge in [-0.1, -0.05) is 29.8 Å². The van der Waals surface area contributed by atoms with Crippen molar-refractivity contribution >= 4 is 22.7 Å². The molecule has 1 aromatic heterocycles. The van der Waals surface area contributed by atoms with Gasteiger partial charge in [0.1, 0.15) is 11.8 Å². The van der Waals surface area contributed by atoms with Crippen LogP contribution in [0.1, 0.15) is 23.1 Å². The van der Waals surface area contributed by atoms with E-state index in [1.54, 1.807) is 7.11 Å². The van der Waals surface area contributed by atoms with E-state index in [0.29, 0.717) is 19.5 Å². The molecule has 1 aliphatic rings. The zero-order valence-corrected chi connectivity index (χ0v) is 16.7. The standard InChI is InChI=1S/C23H25N3O3/c1-15-3-5-16(6-4-15)14-26-10-9-21(23(26)28)25-22(27)11-17-13-24-20-8-7-18(29-2)12-19(17)20/h3-8,12-13,21,24H,9-11,14H2,1-2H3,(H,25,27). The molecule has 2 heterocycles. The maximum Gasteiger partial charge on any atom is 0.245 e. The van der Waals surface area contributed by atoms with E-state index in [9.17, 15) is 9.59 Å². The van der Waals surface area contributed by atoms with E-state index in [2.05, 4.69) is 10.3 Å².